The van der Waals surface area contributed by atoms with E-state index in [1.807, 2.05) is 55.5 Å². The average molecular weight is 360 g/mol. The Kier molecular flexibility index (Phi) is 7.36. The summed E-state index contributed by atoms with van der Waals surface area (Å²) in [5.41, 5.74) is 2.13. The van der Waals surface area contributed by atoms with E-state index in [9.17, 15) is 4.79 Å². The number of carbonyl (C=O) groups excluding carboxylic acids is 1. The molecule has 0 spiro atoms. The molecule has 0 saturated carbocycles. The fourth-order valence-electron chi connectivity index (χ4n) is 2.29. The molecule has 25 heavy (non-hydrogen) atoms. The molecular weight excluding hydrogens is 338 g/mol. The van der Waals surface area contributed by atoms with Gasteiger partial charge < -0.3 is 14.8 Å². The van der Waals surface area contributed by atoms with E-state index in [1.54, 1.807) is 13.2 Å². The smallest absolute Gasteiger partial charge is 0.257 e. The van der Waals surface area contributed by atoms with Crippen LogP contribution in [-0.4, -0.2) is 26.2 Å². The highest BCUT2D eigenvalue weighted by atomic mass is 35.5. The van der Waals surface area contributed by atoms with Crippen molar-refractivity contribution in [2.24, 2.45) is 0 Å². The molecule has 132 valence electrons. The molecule has 0 aliphatic heterocycles. The zero-order chi connectivity index (χ0) is 18.1. The molecule has 2 aromatic carbocycles. The van der Waals surface area contributed by atoms with Gasteiger partial charge in [0.15, 0.2) is 18.1 Å². The Morgan fingerprint density at radius 3 is 2.60 bits per heavy atom. The van der Waals surface area contributed by atoms with Gasteiger partial charge in [0.05, 0.1) is 7.11 Å². The topological polar surface area (TPSA) is 47.6 Å². The second-order valence-electron chi connectivity index (χ2n) is 5.43. The van der Waals surface area contributed by atoms with Crippen LogP contribution in [0.2, 0.25) is 5.02 Å². The quantitative estimate of drug-likeness (QED) is 0.771. The summed E-state index contributed by atoms with van der Waals surface area (Å²) in [6, 6.07) is 13.2. The van der Waals surface area contributed by atoms with Crippen LogP contribution in [0.4, 0.5) is 0 Å². The summed E-state index contributed by atoms with van der Waals surface area (Å²) in [5.74, 6) is 0.974. The van der Waals surface area contributed by atoms with E-state index >= 15 is 0 Å². The van der Waals surface area contributed by atoms with Gasteiger partial charge in [-0.15, -0.1) is 0 Å². The highest BCUT2D eigenvalue weighted by molar-refractivity contribution is 6.30. The lowest BCUT2D eigenvalue weighted by Gasteiger charge is -2.11. The number of hydrogen-bond donors (Lipinski definition) is 1. The number of halogens is 1. The number of nitrogens with one attached hydrogen (secondary N) is 1. The van der Waals surface area contributed by atoms with Crippen LogP contribution in [0.25, 0.3) is 6.08 Å². The van der Waals surface area contributed by atoms with Crippen molar-refractivity contribution >= 4 is 23.6 Å². The molecule has 0 bridgehead atoms. The van der Waals surface area contributed by atoms with Crippen molar-refractivity contribution in [3.63, 3.8) is 0 Å². The van der Waals surface area contributed by atoms with E-state index in [4.69, 9.17) is 21.1 Å². The summed E-state index contributed by atoms with van der Waals surface area (Å²) in [7, 11) is 1.58. The molecule has 5 heteroatoms. The highest BCUT2D eigenvalue weighted by Gasteiger charge is 2.08. The number of methoxy groups -OCH3 is 1. The van der Waals surface area contributed by atoms with Crippen LogP contribution in [0.5, 0.6) is 11.5 Å². The van der Waals surface area contributed by atoms with Gasteiger partial charge in [-0.3, -0.25) is 4.79 Å². The predicted octanol–water partition coefficient (Wildman–Crippen LogP) is 4.12. The maximum absolute atomic E-state index is 11.9. The summed E-state index contributed by atoms with van der Waals surface area (Å²) in [4.78, 5) is 11.9. The molecule has 2 rings (SSSR count). The summed E-state index contributed by atoms with van der Waals surface area (Å²) in [6.45, 7) is 2.44. The highest BCUT2D eigenvalue weighted by Crippen LogP contribution is 2.28. The molecule has 1 N–H and O–H groups in total. The molecule has 0 radical (unpaired) electrons. The maximum Gasteiger partial charge on any atom is 0.257 e. The third-order valence-electron chi connectivity index (χ3n) is 3.55. The van der Waals surface area contributed by atoms with Crippen LogP contribution in [0.3, 0.4) is 0 Å². The van der Waals surface area contributed by atoms with Gasteiger partial charge in [-0.2, -0.15) is 0 Å². The van der Waals surface area contributed by atoms with Crippen molar-refractivity contribution in [2.45, 2.75) is 13.3 Å². The number of hydrogen-bond acceptors (Lipinski definition) is 3. The molecule has 0 unspecified atom stereocenters. The predicted molar refractivity (Wildman–Crippen MR) is 101 cm³/mol. The molecule has 0 aliphatic carbocycles. The second kappa shape index (κ2) is 9.74. The minimum atomic E-state index is -0.173. The van der Waals surface area contributed by atoms with Crippen LogP contribution in [0.1, 0.15) is 18.1 Å². The SMILES string of the molecule is CC=Cc1ccc(OCC(=O)NCCc2ccc(Cl)cc2)c(OC)c1. The molecule has 0 atom stereocenters. The number of benzene rings is 2. The minimum Gasteiger partial charge on any atom is -0.493 e. The summed E-state index contributed by atoms with van der Waals surface area (Å²) in [6.07, 6.45) is 4.66. The molecule has 0 heterocycles. The van der Waals surface area contributed by atoms with E-state index in [0.29, 0.717) is 23.1 Å². The van der Waals surface area contributed by atoms with E-state index < -0.39 is 0 Å². The van der Waals surface area contributed by atoms with Crippen molar-refractivity contribution in [1.29, 1.82) is 0 Å². The molecule has 1 amide bonds. The van der Waals surface area contributed by atoms with Crippen molar-refractivity contribution in [3.8, 4) is 11.5 Å². The Bertz CT molecular complexity index is 726. The number of ether oxygens (including phenoxy) is 2. The lowest BCUT2D eigenvalue weighted by Crippen LogP contribution is -2.30. The number of amides is 1. The molecule has 4 nitrogen and oxygen atoms in total. The third-order valence-corrected chi connectivity index (χ3v) is 3.81. The first-order valence-electron chi connectivity index (χ1n) is 8.07. The molecule has 0 saturated heterocycles. The fraction of sp³-hybridized carbons (Fsp3) is 0.250. The number of rotatable bonds is 8. The van der Waals surface area contributed by atoms with E-state index in [2.05, 4.69) is 5.32 Å². The van der Waals surface area contributed by atoms with Crippen molar-refractivity contribution in [1.82, 2.24) is 5.32 Å². The Balaban J connectivity index is 1.80. The Hall–Kier alpha value is -2.46. The maximum atomic E-state index is 11.9. The molecule has 2 aromatic rings. The summed E-state index contributed by atoms with van der Waals surface area (Å²) >= 11 is 5.85. The number of carbonyl (C=O) groups is 1. The third kappa shape index (κ3) is 6.16. The fourth-order valence-corrected chi connectivity index (χ4v) is 2.42. The van der Waals surface area contributed by atoms with Gasteiger partial charge in [-0.25, -0.2) is 0 Å². The van der Waals surface area contributed by atoms with Crippen molar-refractivity contribution < 1.29 is 14.3 Å². The van der Waals surface area contributed by atoms with E-state index in [0.717, 1.165) is 17.5 Å². The first-order chi connectivity index (χ1) is 12.1. The van der Waals surface area contributed by atoms with Crippen LogP contribution in [0, 0.1) is 0 Å². The van der Waals surface area contributed by atoms with Gasteiger partial charge in [0, 0.05) is 11.6 Å². The number of allylic oxidation sites excluding steroid dienone is 1. The zero-order valence-electron chi connectivity index (χ0n) is 14.4. The lowest BCUT2D eigenvalue weighted by atomic mass is 10.1. The van der Waals surface area contributed by atoms with E-state index in [-0.39, 0.29) is 12.5 Å². The van der Waals surface area contributed by atoms with Crippen LogP contribution < -0.4 is 14.8 Å². The Morgan fingerprint density at radius 1 is 1.16 bits per heavy atom. The molecular formula is C20H22ClNO3. The van der Waals surface area contributed by atoms with Crippen molar-refractivity contribution in [3.05, 3.63) is 64.7 Å². The van der Waals surface area contributed by atoms with Gasteiger partial charge >= 0.3 is 0 Å². The summed E-state index contributed by atoms with van der Waals surface area (Å²) in [5, 5.41) is 3.54. The Morgan fingerprint density at radius 2 is 1.92 bits per heavy atom. The zero-order valence-corrected chi connectivity index (χ0v) is 15.2. The Labute approximate surface area is 153 Å². The molecule has 0 fully saturated rings. The monoisotopic (exact) mass is 359 g/mol. The van der Waals surface area contributed by atoms with Gasteiger partial charge in [0.1, 0.15) is 0 Å². The lowest BCUT2D eigenvalue weighted by molar-refractivity contribution is -0.123. The molecule has 0 aromatic heterocycles. The normalized spacial score (nSPS) is 10.7. The largest absolute Gasteiger partial charge is 0.493 e. The van der Waals surface area contributed by atoms with Gasteiger partial charge in [-0.1, -0.05) is 42.0 Å². The first kappa shape index (κ1) is 18.9. The van der Waals surface area contributed by atoms with Gasteiger partial charge in [0.2, 0.25) is 0 Å². The summed E-state index contributed by atoms with van der Waals surface area (Å²) < 4.78 is 10.9. The first-order valence-corrected chi connectivity index (χ1v) is 8.45. The van der Waals surface area contributed by atoms with Crippen LogP contribution >= 0.6 is 11.6 Å². The average Bonchev–Trinajstić information content (AvgIpc) is 2.62. The standard InChI is InChI=1S/C20H22ClNO3/c1-3-4-16-7-10-18(19(13-16)24-2)25-14-20(23)22-12-11-15-5-8-17(21)9-6-15/h3-10,13H,11-12,14H2,1-2H3,(H,22,23). The van der Waals surface area contributed by atoms with Crippen LogP contribution in [0.15, 0.2) is 48.5 Å². The van der Waals surface area contributed by atoms with Gasteiger partial charge in [0.25, 0.3) is 5.91 Å². The van der Waals surface area contributed by atoms with Crippen molar-refractivity contribution in [2.75, 3.05) is 20.3 Å². The minimum absolute atomic E-state index is 0.0556. The van der Waals surface area contributed by atoms with Crippen LogP contribution in [-0.2, 0) is 11.2 Å². The second-order valence-corrected chi connectivity index (χ2v) is 5.86. The van der Waals surface area contributed by atoms with E-state index in [1.165, 1.54) is 0 Å². The van der Waals surface area contributed by atoms with Gasteiger partial charge in [-0.05, 0) is 48.7 Å². The molecule has 0 aliphatic rings.